The van der Waals surface area contributed by atoms with Crippen molar-refractivity contribution >= 4 is 11.8 Å². The smallest absolute Gasteiger partial charge is 0.338 e. The number of hydrogen-bond acceptors (Lipinski definition) is 8. The second-order valence-electron chi connectivity index (χ2n) is 5.41. The number of alkyl halides is 2. The van der Waals surface area contributed by atoms with Crippen LogP contribution in [0.25, 0.3) is 11.4 Å². The van der Waals surface area contributed by atoms with Crippen LogP contribution in [0.3, 0.4) is 0 Å². The summed E-state index contributed by atoms with van der Waals surface area (Å²) >= 11 is 0. The van der Waals surface area contributed by atoms with Crippen LogP contribution in [-0.2, 0) is 4.74 Å². The molecule has 0 spiro atoms. The first-order chi connectivity index (χ1) is 13.6. The monoisotopic (exact) mass is 385 g/mol. The van der Waals surface area contributed by atoms with E-state index in [-0.39, 0.29) is 24.5 Å². The molecule has 0 fully saturated rings. The molecule has 0 amide bonds. The summed E-state index contributed by atoms with van der Waals surface area (Å²) in [6.07, 6.45) is -1.30. The highest BCUT2D eigenvalue weighted by molar-refractivity contribution is 5.89. The Kier molecular flexibility index (Phi) is 5.86. The highest BCUT2D eigenvalue weighted by Gasteiger charge is 2.17. The van der Waals surface area contributed by atoms with Gasteiger partial charge in [0.1, 0.15) is 18.5 Å². The fourth-order valence-corrected chi connectivity index (χ4v) is 2.23. The molecule has 0 unspecified atom stereocenters. The molecular weight excluding hydrogens is 372 g/mol. The Morgan fingerprint density at radius 1 is 1.29 bits per heavy atom. The Balaban J connectivity index is 1.52. The summed E-state index contributed by atoms with van der Waals surface area (Å²) in [6.45, 7) is 0.333. The second-order valence-corrected chi connectivity index (χ2v) is 5.41. The van der Waals surface area contributed by atoms with Crippen LogP contribution < -0.4 is 5.32 Å². The minimum atomic E-state index is -2.85. The van der Waals surface area contributed by atoms with Crippen LogP contribution in [0.15, 0.2) is 47.1 Å². The molecule has 0 aliphatic rings. The molecule has 1 aromatic carbocycles. The van der Waals surface area contributed by atoms with Crippen molar-refractivity contribution in [3.8, 4) is 17.5 Å². The lowest BCUT2D eigenvalue weighted by molar-refractivity contribution is 0.0520. The van der Waals surface area contributed by atoms with Gasteiger partial charge in [-0.25, -0.2) is 9.78 Å². The number of anilines is 1. The number of hydrogen-bond donors (Lipinski definition) is 1. The van der Waals surface area contributed by atoms with Gasteiger partial charge in [-0.1, -0.05) is 17.3 Å². The van der Waals surface area contributed by atoms with Gasteiger partial charge in [0.25, 0.3) is 5.89 Å². The molecule has 0 aliphatic heterocycles. The van der Waals surface area contributed by atoms with Crippen molar-refractivity contribution < 1.29 is 22.8 Å². The number of esters is 1. The summed E-state index contributed by atoms with van der Waals surface area (Å²) < 4.78 is 34.5. The van der Waals surface area contributed by atoms with Gasteiger partial charge in [0.2, 0.25) is 5.82 Å². The molecule has 0 bridgehead atoms. The molecule has 2 heterocycles. The van der Waals surface area contributed by atoms with E-state index in [4.69, 9.17) is 10.00 Å². The van der Waals surface area contributed by atoms with Gasteiger partial charge in [0.05, 0.1) is 17.7 Å². The lowest BCUT2D eigenvalue weighted by Gasteiger charge is -2.08. The number of carbonyl (C=O) groups is 1. The largest absolute Gasteiger partial charge is 0.460 e. The number of nitrogens with one attached hydrogen (secondary N) is 1. The summed E-state index contributed by atoms with van der Waals surface area (Å²) in [5, 5.41) is 15.4. The molecule has 8 nitrogen and oxygen atoms in total. The van der Waals surface area contributed by atoms with Crippen molar-refractivity contribution in [3.05, 3.63) is 59.6 Å². The molecule has 3 rings (SSSR count). The first-order valence-corrected chi connectivity index (χ1v) is 8.07. The molecule has 0 saturated carbocycles. The van der Waals surface area contributed by atoms with E-state index in [1.54, 1.807) is 18.3 Å². The van der Waals surface area contributed by atoms with Crippen LogP contribution in [0.4, 0.5) is 14.6 Å². The predicted molar refractivity (Wildman–Crippen MR) is 92.4 cm³/mol. The number of nitrogens with zero attached hydrogens (tertiary/aromatic N) is 4. The Morgan fingerprint density at radius 3 is 2.75 bits per heavy atom. The number of rotatable bonds is 7. The van der Waals surface area contributed by atoms with E-state index >= 15 is 0 Å². The first-order valence-electron chi connectivity index (χ1n) is 8.07. The molecular formula is C18H13F2N5O3. The Labute approximate surface area is 157 Å². The predicted octanol–water partition coefficient (Wildman–Crippen LogP) is 3.21. The Bertz CT molecular complexity index is 999. The number of halogens is 2. The van der Waals surface area contributed by atoms with Crippen LogP contribution in [0.2, 0.25) is 0 Å². The molecule has 0 atom stereocenters. The van der Waals surface area contributed by atoms with Gasteiger partial charge in [-0.15, -0.1) is 0 Å². The topological polar surface area (TPSA) is 114 Å². The SMILES string of the molecule is N#Cc1cccnc1NCCOC(=O)c1ccc(-c2noc(C(F)F)n2)cc1. The highest BCUT2D eigenvalue weighted by Crippen LogP contribution is 2.22. The van der Waals surface area contributed by atoms with Crippen molar-refractivity contribution in [3.63, 3.8) is 0 Å². The zero-order valence-corrected chi connectivity index (χ0v) is 14.3. The second kappa shape index (κ2) is 8.68. The zero-order chi connectivity index (χ0) is 19.9. The van der Waals surface area contributed by atoms with Crippen molar-refractivity contribution in [2.24, 2.45) is 0 Å². The fraction of sp³-hybridized carbons (Fsp3) is 0.167. The minimum absolute atomic E-state index is 0.00285. The Morgan fingerprint density at radius 2 is 2.07 bits per heavy atom. The van der Waals surface area contributed by atoms with Gasteiger partial charge in [-0.3, -0.25) is 0 Å². The summed E-state index contributed by atoms with van der Waals surface area (Å²) in [7, 11) is 0. The molecule has 0 radical (unpaired) electrons. The van der Waals surface area contributed by atoms with Crippen LogP contribution in [-0.4, -0.2) is 34.2 Å². The lowest BCUT2D eigenvalue weighted by Crippen LogP contribution is -2.15. The number of pyridine rings is 1. The maximum absolute atomic E-state index is 12.5. The number of nitriles is 1. The molecule has 0 aliphatic carbocycles. The molecule has 3 aromatic rings. The number of benzene rings is 1. The summed E-state index contributed by atoms with van der Waals surface area (Å²) in [5.74, 6) is -0.911. The van der Waals surface area contributed by atoms with Crippen LogP contribution in [0.5, 0.6) is 0 Å². The van der Waals surface area contributed by atoms with E-state index < -0.39 is 18.3 Å². The average Bonchev–Trinajstić information content (AvgIpc) is 3.22. The van der Waals surface area contributed by atoms with Crippen LogP contribution >= 0.6 is 0 Å². The quantitative estimate of drug-likeness (QED) is 0.487. The van der Waals surface area contributed by atoms with E-state index in [0.717, 1.165) is 0 Å². The van der Waals surface area contributed by atoms with Crippen molar-refractivity contribution in [2.75, 3.05) is 18.5 Å². The normalized spacial score (nSPS) is 10.5. The van der Waals surface area contributed by atoms with Crippen molar-refractivity contribution in [2.45, 2.75) is 6.43 Å². The minimum Gasteiger partial charge on any atom is -0.460 e. The summed E-state index contributed by atoms with van der Waals surface area (Å²) in [5.41, 5.74) is 1.09. The Hall–Kier alpha value is -3.87. The lowest BCUT2D eigenvalue weighted by atomic mass is 10.1. The molecule has 1 N–H and O–H groups in total. The van der Waals surface area contributed by atoms with E-state index in [1.165, 1.54) is 24.3 Å². The molecule has 142 valence electrons. The van der Waals surface area contributed by atoms with Crippen LogP contribution in [0, 0.1) is 11.3 Å². The van der Waals surface area contributed by atoms with Crippen LogP contribution in [0.1, 0.15) is 28.2 Å². The number of aromatic nitrogens is 3. The van der Waals surface area contributed by atoms with E-state index in [2.05, 4.69) is 25.0 Å². The average molecular weight is 385 g/mol. The van der Waals surface area contributed by atoms with Crippen molar-refractivity contribution in [1.82, 2.24) is 15.1 Å². The van der Waals surface area contributed by atoms with Gasteiger partial charge < -0.3 is 14.6 Å². The summed E-state index contributed by atoms with van der Waals surface area (Å²) in [4.78, 5) is 19.7. The summed E-state index contributed by atoms with van der Waals surface area (Å²) in [6, 6.07) is 11.2. The van der Waals surface area contributed by atoms with E-state index in [9.17, 15) is 13.6 Å². The maximum Gasteiger partial charge on any atom is 0.338 e. The number of carbonyl (C=O) groups excluding carboxylic acids is 1. The zero-order valence-electron chi connectivity index (χ0n) is 14.3. The van der Waals surface area contributed by atoms with Gasteiger partial charge in [-0.2, -0.15) is 19.0 Å². The van der Waals surface area contributed by atoms with Gasteiger partial charge in [0.15, 0.2) is 0 Å². The third kappa shape index (κ3) is 4.45. The fourth-order valence-electron chi connectivity index (χ4n) is 2.23. The van der Waals surface area contributed by atoms with E-state index in [0.29, 0.717) is 16.9 Å². The van der Waals surface area contributed by atoms with Crippen molar-refractivity contribution in [1.29, 1.82) is 5.26 Å². The third-order valence-corrected chi connectivity index (χ3v) is 3.56. The maximum atomic E-state index is 12.5. The highest BCUT2D eigenvalue weighted by atomic mass is 19.3. The van der Waals surface area contributed by atoms with Gasteiger partial charge in [-0.05, 0) is 24.3 Å². The third-order valence-electron chi connectivity index (χ3n) is 3.56. The number of ether oxygens (including phenoxy) is 1. The standard InChI is InChI=1S/C18H13F2N5O3/c19-14(20)17-24-16(25-28-17)11-3-5-12(6-4-11)18(26)27-9-8-23-15-13(10-21)2-1-7-22-15/h1-7,14H,8-9H2,(H,22,23). The van der Waals surface area contributed by atoms with E-state index in [1.807, 2.05) is 6.07 Å². The van der Waals surface area contributed by atoms with Gasteiger partial charge >= 0.3 is 12.4 Å². The molecule has 2 aromatic heterocycles. The first kappa shape index (κ1) is 18.9. The molecule has 28 heavy (non-hydrogen) atoms. The molecule has 10 heteroatoms. The van der Waals surface area contributed by atoms with Gasteiger partial charge in [0, 0.05) is 11.8 Å². The molecule has 0 saturated heterocycles.